The molecule has 3 N–H and O–H groups in total. The molecule has 3 nitrogen and oxygen atoms in total. The van der Waals surface area contributed by atoms with Crippen LogP contribution in [0.4, 0.5) is 4.39 Å². The van der Waals surface area contributed by atoms with E-state index >= 15 is 0 Å². The van der Waals surface area contributed by atoms with Crippen LogP contribution in [0.3, 0.4) is 0 Å². The molecule has 0 saturated heterocycles. The number of amides is 1. The minimum Gasteiger partial charge on any atom is -0.366 e. The molecule has 4 heteroatoms. The van der Waals surface area contributed by atoms with Gasteiger partial charge in [0.1, 0.15) is 5.82 Å². The predicted octanol–water partition coefficient (Wildman–Crippen LogP) is 3.80. The Morgan fingerprint density at radius 2 is 1.60 bits per heavy atom. The van der Waals surface area contributed by atoms with Gasteiger partial charge in [-0.25, -0.2) is 4.39 Å². The molecule has 3 rings (SSSR count). The number of nitrogens with two attached hydrogens (primary N) is 1. The van der Waals surface area contributed by atoms with Crippen molar-refractivity contribution in [1.82, 2.24) is 5.32 Å². The van der Waals surface area contributed by atoms with E-state index in [2.05, 4.69) is 5.32 Å². The lowest BCUT2D eigenvalue weighted by Gasteiger charge is -2.20. The lowest BCUT2D eigenvalue weighted by molar-refractivity contribution is 0.1000. The third kappa shape index (κ3) is 4.31. The number of rotatable bonds is 6. The molecule has 0 heterocycles. The summed E-state index contributed by atoms with van der Waals surface area (Å²) in [6.45, 7) is 0.554. The van der Waals surface area contributed by atoms with Crippen molar-refractivity contribution in [3.8, 4) is 0 Å². The second-order valence-corrected chi connectivity index (χ2v) is 5.84. The second kappa shape index (κ2) is 7.73. The topological polar surface area (TPSA) is 55.1 Å². The minimum atomic E-state index is -0.444. The molecular formula is C21H19FN2O. The smallest absolute Gasteiger partial charge is 0.248 e. The van der Waals surface area contributed by atoms with Gasteiger partial charge in [0.15, 0.2) is 0 Å². The highest BCUT2D eigenvalue weighted by Crippen LogP contribution is 2.23. The Morgan fingerprint density at radius 1 is 0.920 bits per heavy atom. The average molecular weight is 334 g/mol. The van der Waals surface area contributed by atoms with E-state index < -0.39 is 5.91 Å². The van der Waals surface area contributed by atoms with Gasteiger partial charge >= 0.3 is 0 Å². The first-order valence-electron chi connectivity index (χ1n) is 8.06. The maximum Gasteiger partial charge on any atom is 0.248 e. The fourth-order valence-electron chi connectivity index (χ4n) is 2.78. The Hall–Kier alpha value is -2.98. The molecule has 0 aliphatic heterocycles. The molecule has 0 unspecified atom stereocenters. The molecule has 0 saturated carbocycles. The van der Waals surface area contributed by atoms with Crippen molar-refractivity contribution in [2.45, 2.75) is 12.6 Å². The van der Waals surface area contributed by atoms with Gasteiger partial charge in [0.2, 0.25) is 5.91 Å². The number of halogens is 1. The molecule has 126 valence electrons. The van der Waals surface area contributed by atoms with Gasteiger partial charge in [-0.3, -0.25) is 4.79 Å². The number of hydrogen-bond donors (Lipinski definition) is 2. The summed E-state index contributed by atoms with van der Waals surface area (Å²) < 4.78 is 13.3. The summed E-state index contributed by atoms with van der Waals surface area (Å²) in [4.78, 5) is 11.3. The maximum atomic E-state index is 13.3. The molecule has 1 atom stereocenters. The highest BCUT2D eigenvalue weighted by molar-refractivity contribution is 5.92. The summed E-state index contributed by atoms with van der Waals surface area (Å²) in [7, 11) is 0. The molecule has 3 aromatic rings. The van der Waals surface area contributed by atoms with E-state index in [0.717, 1.165) is 16.7 Å². The SMILES string of the molecule is NC(=O)c1cccc(CN[C@@H](c2ccccc2)c2ccc(F)cc2)c1. The first kappa shape index (κ1) is 16.9. The lowest BCUT2D eigenvalue weighted by Crippen LogP contribution is -2.22. The number of hydrogen-bond acceptors (Lipinski definition) is 2. The molecular weight excluding hydrogens is 315 g/mol. The first-order valence-corrected chi connectivity index (χ1v) is 8.06. The summed E-state index contributed by atoms with van der Waals surface area (Å²) >= 11 is 0. The largest absolute Gasteiger partial charge is 0.366 e. The zero-order valence-electron chi connectivity index (χ0n) is 13.7. The quantitative estimate of drug-likeness (QED) is 0.720. The van der Waals surface area contributed by atoms with E-state index in [1.165, 1.54) is 12.1 Å². The second-order valence-electron chi connectivity index (χ2n) is 5.84. The molecule has 0 fully saturated rings. The molecule has 3 aromatic carbocycles. The van der Waals surface area contributed by atoms with Crippen LogP contribution in [0.25, 0.3) is 0 Å². The number of carbonyl (C=O) groups excluding carboxylic acids is 1. The number of nitrogens with one attached hydrogen (secondary N) is 1. The number of benzene rings is 3. The first-order chi connectivity index (χ1) is 12.1. The monoisotopic (exact) mass is 334 g/mol. The Kier molecular flexibility index (Phi) is 5.21. The Bertz CT molecular complexity index is 847. The van der Waals surface area contributed by atoms with Crippen LogP contribution in [0.5, 0.6) is 0 Å². The van der Waals surface area contributed by atoms with Gasteiger partial charge in [-0.15, -0.1) is 0 Å². The molecule has 1 amide bonds. The normalized spacial score (nSPS) is 11.9. The molecule has 0 aliphatic rings. The standard InChI is InChI=1S/C21H19FN2O/c22-19-11-9-17(10-12-19)20(16-6-2-1-3-7-16)24-14-15-5-4-8-18(13-15)21(23)25/h1-13,20,24H,14H2,(H2,23,25)/t20-/m0/s1. The van der Waals surface area contributed by atoms with E-state index in [4.69, 9.17) is 5.73 Å². The maximum absolute atomic E-state index is 13.3. The van der Waals surface area contributed by atoms with Crippen LogP contribution in [0.2, 0.25) is 0 Å². The third-order valence-corrected chi connectivity index (χ3v) is 4.06. The van der Waals surface area contributed by atoms with Crippen molar-refractivity contribution in [3.63, 3.8) is 0 Å². The van der Waals surface area contributed by atoms with Gasteiger partial charge in [0.05, 0.1) is 6.04 Å². The van der Waals surface area contributed by atoms with Crippen molar-refractivity contribution < 1.29 is 9.18 Å². The Labute approximate surface area is 146 Å². The Balaban J connectivity index is 1.84. The van der Waals surface area contributed by atoms with Gasteiger partial charge in [-0.05, 0) is 41.0 Å². The highest BCUT2D eigenvalue weighted by atomic mass is 19.1. The van der Waals surface area contributed by atoms with Gasteiger partial charge in [0.25, 0.3) is 0 Å². The van der Waals surface area contributed by atoms with Gasteiger partial charge in [-0.1, -0.05) is 54.6 Å². The molecule has 0 aliphatic carbocycles. The van der Waals surface area contributed by atoms with Crippen LogP contribution < -0.4 is 11.1 Å². The van der Waals surface area contributed by atoms with Crippen LogP contribution in [-0.4, -0.2) is 5.91 Å². The van der Waals surface area contributed by atoms with E-state index in [9.17, 15) is 9.18 Å². The van der Waals surface area contributed by atoms with Crippen molar-refractivity contribution in [2.75, 3.05) is 0 Å². The highest BCUT2D eigenvalue weighted by Gasteiger charge is 2.14. The number of carbonyl (C=O) groups is 1. The Morgan fingerprint density at radius 3 is 2.28 bits per heavy atom. The lowest BCUT2D eigenvalue weighted by atomic mass is 9.98. The predicted molar refractivity (Wildman–Crippen MR) is 96.5 cm³/mol. The van der Waals surface area contributed by atoms with Gasteiger partial charge in [0, 0.05) is 12.1 Å². The van der Waals surface area contributed by atoms with Crippen LogP contribution in [-0.2, 0) is 6.54 Å². The van der Waals surface area contributed by atoms with Crippen LogP contribution in [0.15, 0.2) is 78.9 Å². The molecule has 0 bridgehead atoms. The number of primary amides is 1. The fraction of sp³-hybridized carbons (Fsp3) is 0.0952. The van der Waals surface area contributed by atoms with Crippen LogP contribution >= 0.6 is 0 Å². The van der Waals surface area contributed by atoms with Crippen LogP contribution in [0, 0.1) is 5.82 Å². The molecule has 25 heavy (non-hydrogen) atoms. The summed E-state index contributed by atoms with van der Waals surface area (Å²) in [5.41, 5.74) is 8.84. The zero-order valence-corrected chi connectivity index (χ0v) is 13.7. The summed E-state index contributed by atoms with van der Waals surface area (Å²) in [6.07, 6.45) is 0. The summed E-state index contributed by atoms with van der Waals surface area (Å²) in [6, 6.07) is 23.6. The minimum absolute atomic E-state index is 0.0842. The van der Waals surface area contributed by atoms with Crippen LogP contribution in [0.1, 0.15) is 33.1 Å². The van der Waals surface area contributed by atoms with E-state index in [-0.39, 0.29) is 11.9 Å². The fourth-order valence-corrected chi connectivity index (χ4v) is 2.78. The molecule has 0 aromatic heterocycles. The zero-order chi connectivity index (χ0) is 17.6. The molecule has 0 spiro atoms. The third-order valence-electron chi connectivity index (χ3n) is 4.06. The van der Waals surface area contributed by atoms with E-state index in [0.29, 0.717) is 12.1 Å². The van der Waals surface area contributed by atoms with Gasteiger partial charge < -0.3 is 11.1 Å². The van der Waals surface area contributed by atoms with Crippen molar-refractivity contribution in [2.24, 2.45) is 5.73 Å². The average Bonchev–Trinajstić information content (AvgIpc) is 2.64. The van der Waals surface area contributed by atoms with Crippen molar-refractivity contribution in [1.29, 1.82) is 0 Å². The van der Waals surface area contributed by atoms with Crippen molar-refractivity contribution in [3.05, 3.63) is 107 Å². The molecule has 0 radical (unpaired) electrons. The summed E-state index contributed by atoms with van der Waals surface area (Å²) in [5, 5.41) is 3.48. The van der Waals surface area contributed by atoms with Crippen molar-refractivity contribution >= 4 is 5.91 Å². The van der Waals surface area contributed by atoms with E-state index in [1.54, 1.807) is 24.3 Å². The summed E-state index contributed by atoms with van der Waals surface area (Å²) in [5.74, 6) is -0.704. The van der Waals surface area contributed by atoms with Gasteiger partial charge in [-0.2, -0.15) is 0 Å². The van der Waals surface area contributed by atoms with E-state index in [1.807, 2.05) is 42.5 Å².